The van der Waals surface area contributed by atoms with E-state index in [1.165, 1.54) is 11.3 Å². The van der Waals surface area contributed by atoms with E-state index >= 15 is 0 Å². The number of carbonyl (C=O) groups excluding carboxylic acids is 1. The van der Waals surface area contributed by atoms with Crippen molar-refractivity contribution in [3.8, 4) is 0 Å². The molecule has 1 unspecified atom stereocenters. The number of thioether (sulfide) groups is 1. The molecule has 100 valence electrons. The van der Waals surface area contributed by atoms with Crippen molar-refractivity contribution >= 4 is 45.4 Å². The van der Waals surface area contributed by atoms with Gasteiger partial charge in [-0.1, -0.05) is 18.2 Å². The topological polar surface area (TPSA) is 32.7 Å². The summed E-state index contributed by atoms with van der Waals surface area (Å²) in [7, 11) is 0. The van der Waals surface area contributed by atoms with E-state index in [1.54, 1.807) is 11.8 Å². The van der Waals surface area contributed by atoms with E-state index in [-0.39, 0.29) is 11.0 Å². The molecule has 1 aromatic carbocycles. The fraction of sp³-hybridized carbons (Fsp3) is 0.200. The molecular formula is C15H12N2OS2. The van der Waals surface area contributed by atoms with Crippen LogP contribution in [0.2, 0.25) is 0 Å². The van der Waals surface area contributed by atoms with E-state index in [4.69, 9.17) is 4.99 Å². The Bertz CT molecular complexity index is 693. The Balaban J connectivity index is 1.82. The maximum Gasteiger partial charge on any atom is 0.186 e. The second-order valence-corrected chi connectivity index (χ2v) is 6.82. The summed E-state index contributed by atoms with van der Waals surface area (Å²) in [5, 5.41) is 2.65. The van der Waals surface area contributed by atoms with Crippen molar-refractivity contribution < 1.29 is 4.79 Å². The molecular weight excluding hydrogens is 288 g/mol. The lowest BCUT2D eigenvalue weighted by molar-refractivity contribution is 0.100. The highest BCUT2D eigenvalue weighted by Crippen LogP contribution is 2.38. The number of Topliss-reactive ketones (excluding diaryl/α,β-unsaturated/α-hetero) is 1. The normalized spacial score (nSPS) is 21.2. The van der Waals surface area contributed by atoms with Crippen LogP contribution in [0, 0.1) is 0 Å². The van der Waals surface area contributed by atoms with Gasteiger partial charge in [0.2, 0.25) is 0 Å². The Kier molecular flexibility index (Phi) is 2.89. The smallest absolute Gasteiger partial charge is 0.186 e. The van der Waals surface area contributed by atoms with E-state index in [0.717, 1.165) is 34.4 Å². The average Bonchev–Trinajstić information content (AvgIpc) is 2.97. The van der Waals surface area contributed by atoms with Gasteiger partial charge in [-0.3, -0.25) is 4.79 Å². The van der Waals surface area contributed by atoms with E-state index in [2.05, 4.69) is 17.0 Å². The van der Waals surface area contributed by atoms with Gasteiger partial charge in [0.05, 0.1) is 5.56 Å². The Morgan fingerprint density at radius 1 is 1.20 bits per heavy atom. The highest BCUT2D eigenvalue weighted by molar-refractivity contribution is 8.01. The first kappa shape index (κ1) is 12.2. The summed E-state index contributed by atoms with van der Waals surface area (Å²) in [5.41, 5.74) is 1.90. The van der Waals surface area contributed by atoms with Gasteiger partial charge in [-0.2, -0.15) is 0 Å². The Morgan fingerprint density at radius 2 is 2.05 bits per heavy atom. The molecule has 4 rings (SSSR count). The van der Waals surface area contributed by atoms with Crippen molar-refractivity contribution in [3.05, 3.63) is 47.3 Å². The molecule has 5 heteroatoms. The molecule has 0 N–H and O–H groups in total. The lowest BCUT2D eigenvalue weighted by atomic mass is 10.1. The molecule has 3 heterocycles. The van der Waals surface area contributed by atoms with Gasteiger partial charge in [-0.15, -0.1) is 23.1 Å². The quantitative estimate of drug-likeness (QED) is 0.806. The van der Waals surface area contributed by atoms with E-state index in [1.807, 2.05) is 29.6 Å². The second-order valence-electron chi connectivity index (χ2n) is 4.71. The number of anilines is 1. The van der Waals surface area contributed by atoms with Crippen LogP contribution in [0.4, 0.5) is 10.7 Å². The molecule has 2 aliphatic heterocycles. The van der Waals surface area contributed by atoms with Crippen LogP contribution in [0.25, 0.3) is 0 Å². The predicted molar refractivity (Wildman–Crippen MR) is 85.8 cm³/mol. The molecule has 0 spiro atoms. The maximum atomic E-state index is 12.6. The summed E-state index contributed by atoms with van der Waals surface area (Å²) < 4.78 is 0. The Labute approximate surface area is 125 Å². The van der Waals surface area contributed by atoms with Gasteiger partial charge >= 0.3 is 0 Å². The van der Waals surface area contributed by atoms with Crippen LogP contribution in [0.5, 0.6) is 0 Å². The van der Waals surface area contributed by atoms with Gasteiger partial charge in [0.25, 0.3) is 0 Å². The zero-order valence-corrected chi connectivity index (χ0v) is 12.3. The van der Waals surface area contributed by atoms with E-state index in [9.17, 15) is 4.79 Å². The fourth-order valence-corrected chi connectivity index (χ4v) is 4.50. The standard InChI is InChI=1S/C15H12N2OS2/c18-12-11-6-8-20-15(11)16-14-13(12)19-9-7-17(14)10-4-2-1-3-5-10/h1-6,8,13H,7,9H2. The first-order chi connectivity index (χ1) is 9.84. The number of rotatable bonds is 1. The van der Waals surface area contributed by atoms with Crippen LogP contribution in [-0.4, -0.2) is 29.2 Å². The molecule has 0 bridgehead atoms. The third-order valence-electron chi connectivity index (χ3n) is 3.54. The van der Waals surface area contributed by atoms with Gasteiger partial charge in [-0.25, -0.2) is 4.99 Å². The number of benzene rings is 1. The number of nitrogens with zero attached hydrogens (tertiary/aromatic N) is 2. The minimum Gasteiger partial charge on any atom is -0.328 e. The van der Waals surface area contributed by atoms with Crippen molar-refractivity contribution in [1.82, 2.24) is 0 Å². The molecule has 1 atom stereocenters. The lowest BCUT2D eigenvalue weighted by Gasteiger charge is -2.36. The Hall–Kier alpha value is -1.59. The number of ketones is 1. The minimum absolute atomic E-state index is 0.147. The number of para-hydroxylation sites is 1. The highest BCUT2D eigenvalue weighted by Gasteiger charge is 2.38. The molecule has 3 nitrogen and oxygen atoms in total. The van der Waals surface area contributed by atoms with Gasteiger partial charge in [0, 0.05) is 18.0 Å². The number of amidine groups is 1. The van der Waals surface area contributed by atoms with Gasteiger partial charge in [-0.05, 0) is 23.6 Å². The number of hydrogen-bond acceptors (Lipinski definition) is 5. The second kappa shape index (κ2) is 4.75. The fourth-order valence-electron chi connectivity index (χ4n) is 2.59. The average molecular weight is 300 g/mol. The van der Waals surface area contributed by atoms with E-state index in [0.29, 0.717) is 0 Å². The van der Waals surface area contributed by atoms with Gasteiger partial charge < -0.3 is 4.90 Å². The first-order valence-corrected chi connectivity index (χ1v) is 8.42. The number of fused-ring (bicyclic) bond motifs is 2. The third-order valence-corrected chi connectivity index (χ3v) is 5.53. The molecule has 1 fully saturated rings. The molecule has 2 aromatic rings. The molecule has 20 heavy (non-hydrogen) atoms. The van der Waals surface area contributed by atoms with Crippen LogP contribution in [0.1, 0.15) is 10.4 Å². The van der Waals surface area contributed by atoms with Crippen LogP contribution >= 0.6 is 23.1 Å². The van der Waals surface area contributed by atoms with E-state index < -0.39 is 0 Å². The summed E-state index contributed by atoms with van der Waals surface area (Å²) in [5.74, 6) is 2.05. The van der Waals surface area contributed by atoms with Crippen molar-refractivity contribution in [1.29, 1.82) is 0 Å². The minimum atomic E-state index is -0.147. The van der Waals surface area contributed by atoms with Crippen molar-refractivity contribution in [2.45, 2.75) is 5.25 Å². The third kappa shape index (κ3) is 1.81. The zero-order valence-electron chi connectivity index (χ0n) is 10.7. The van der Waals surface area contributed by atoms with Crippen LogP contribution < -0.4 is 4.90 Å². The Morgan fingerprint density at radius 3 is 2.90 bits per heavy atom. The molecule has 2 aliphatic rings. The van der Waals surface area contributed by atoms with Gasteiger partial charge in [0.1, 0.15) is 16.1 Å². The SMILES string of the molecule is O=C1c2ccsc2N=C2C1SCCN2c1ccccc1. The summed E-state index contributed by atoms with van der Waals surface area (Å²) in [6, 6.07) is 12.1. The molecule has 0 radical (unpaired) electrons. The number of aliphatic imine (C=N–C) groups is 1. The summed E-state index contributed by atoms with van der Waals surface area (Å²) in [6.45, 7) is 0.901. The lowest BCUT2D eigenvalue weighted by Crippen LogP contribution is -2.48. The zero-order chi connectivity index (χ0) is 13.5. The van der Waals surface area contributed by atoms with Crippen LogP contribution in [0.15, 0.2) is 46.8 Å². The van der Waals surface area contributed by atoms with Crippen molar-refractivity contribution in [2.24, 2.45) is 4.99 Å². The molecule has 1 saturated heterocycles. The monoisotopic (exact) mass is 300 g/mol. The summed E-state index contributed by atoms with van der Waals surface area (Å²) in [4.78, 5) is 19.5. The highest BCUT2D eigenvalue weighted by atomic mass is 32.2. The summed E-state index contributed by atoms with van der Waals surface area (Å²) >= 11 is 3.24. The van der Waals surface area contributed by atoms with Crippen LogP contribution in [0.3, 0.4) is 0 Å². The first-order valence-electron chi connectivity index (χ1n) is 6.49. The molecule has 1 aromatic heterocycles. The van der Waals surface area contributed by atoms with Crippen molar-refractivity contribution in [3.63, 3.8) is 0 Å². The largest absolute Gasteiger partial charge is 0.328 e. The summed E-state index contributed by atoms with van der Waals surface area (Å²) in [6.07, 6.45) is 0. The number of hydrogen-bond donors (Lipinski definition) is 0. The number of thiophene rings is 1. The van der Waals surface area contributed by atoms with Gasteiger partial charge in [0.15, 0.2) is 5.78 Å². The predicted octanol–water partition coefficient (Wildman–Crippen LogP) is 3.60. The molecule has 0 amide bonds. The number of carbonyl (C=O) groups is 1. The van der Waals surface area contributed by atoms with Crippen molar-refractivity contribution in [2.75, 3.05) is 17.2 Å². The molecule has 0 saturated carbocycles. The van der Waals surface area contributed by atoms with Crippen LogP contribution in [-0.2, 0) is 0 Å². The molecule has 0 aliphatic carbocycles. The maximum absolute atomic E-state index is 12.6.